The van der Waals surface area contributed by atoms with Gasteiger partial charge in [0.1, 0.15) is 11.8 Å². The third-order valence-electron chi connectivity index (χ3n) is 3.19. The van der Waals surface area contributed by atoms with Gasteiger partial charge in [-0.15, -0.1) is 0 Å². The van der Waals surface area contributed by atoms with Gasteiger partial charge >= 0.3 is 10.3 Å². The Bertz CT molecular complexity index is 803. The lowest BCUT2D eigenvalue weighted by atomic mass is 10.1. The Morgan fingerprint density at radius 3 is 2.27 bits per heavy atom. The molecule has 1 fully saturated rings. The summed E-state index contributed by atoms with van der Waals surface area (Å²) in [4.78, 5) is 26.6. The Labute approximate surface area is 150 Å². The Morgan fingerprint density at radius 2 is 1.81 bits per heavy atom. The van der Waals surface area contributed by atoms with Crippen molar-refractivity contribution in [1.29, 1.82) is 0 Å². The fourth-order valence-corrected chi connectivity index (χ4v) is 2.62. The van der Waals surface area contributed by atoms with Crippen molar-refractivity contribution in [1.82, 2.24) is 14.6 Å². The minimum absolute atomic E-state index is 0.274. The van der Waals surface area contributed by atoms with Crippen LogP contribution in [0.3, 0.4) is 0 Å². The van der Waals surface area contributed by atoms with Crippen LogP contribution in [0.2, 0.25) is 0 Å². The number of carbonyl (C=O) groups is 2. The van der Waals surface area contributed by atoms with Crippen molar-refractivity contribution >= 4 is 22.1 Å². The maximum atomic E-state index is 11.5. The molecule has 1 aliphatic rings. The molecule has 0 radical (unpaired) electrons. The molecule has 2 N–H and O–H groups in total. The first kappa shape index (κ1) is 19.3. The van der Waals surface area contributed by atoms with Crippen LogP contribution in [0.5, 0.6) is 5.75 Å². The number of rotatable bonds is 5. The smallest absolute Gasteiger partial charge is 0.362 e. The van der Waals surface area contributed by atoms with E-state index in [1.807, 2.05) is 18.2 Å². The molecule has 1 atom stereocenters. The van der Waals surface area contributed by atoms with E-state index in [1.165, 1.54) is 0 Å². The number of hydrogen-bond acceptors (Lipinski definition) is 6. The number of nitrogens with one attached hydrogen (secondary N) is 1. The van der Waals surface area contributed by atoms with Gasteiger partial charge in [-0.25, -0.2) is 4.31 Å². The molecule has 0 spiro atoms. The predicted molar refractivity (Wildman–Crippen MR) is 91.4 cm³/mol. The van der Waals surface area contributed by atoms with E-state index in [-0.39, 0.29) is 17.5 Å². The van der Waals surface area contributed by atoms with Crippen molar-refractivity contribution in [2.45, 2.75) is 6.04 Å². The number of benzene rings is 1. The highest BCUT2D eigenvalue weighted by Crippen LogP contribution is 2.14. The minimum Gasteiger partial charge on any atom is -0.484 e. The Morgan fingerprint density at radius 1 is 1.19 bits per heavy atom. The largest absolute Gasteiger partial charge is 0.484 e. The number of hydrogen-bond donors (Lipinski definition) is 2. The second-order valence-corrected chi connectivity index (χ2v) is 6.43. The summed E-state index contributed by atoms with van der Waals surface area (Å²) in [6.07, 6.45) is 3.50. The molecule has 9 nitrogen and oxygen atoms in total. The maximum absolute atomic E-state index is 11.5. The molecule has 1 aromatic carbocycles. The lowest BCUT2D eigenvalue weighted by Crippen LogP contribution is -2.65. The number of nitrogens with zero attached hydrogens (tertiary/aromatic N) is 2. The Hall–Kier alpha value is -2.98. The van der Waals surface area contributed by atoms with Crippen molar-refractivity contribution in [3.8, 4) is 5.75 Å². The van der Waals surface area contributed by atoms with Gasteiger partial charge in [-0.05, 0) is 24.3 Å². The molecular formula is C16H17N3O6S. The van der Waals surface area contributed by atoms with Gasteiger partial charge in [-0.2, -0.15) is 8.42 Å². The summed E-state index contributed by atoms with van der Waals surface area (Å²) in [5.41, 5.74) is 0. The number of pyridine rings is 1. The summed E-state index contributed by atoms with van der Waals surface area (Å²) < 4.78 is 35.5. The molecule has 1 saturated heterocycles. The van der Waals surface area contributed by atoms with Gasteiger partial charge < -0.3 is 10.1 Å². The third-order valence-corrected chi connectivity index (χ3v) is 4.07. The molecule has 2 heterocycles. The highest BCUT2D eigenvalue weighted by molar-refractivity contribution is 7.84. The van der Waals surface area contributed by atoms with Crippen LogP contribution >= 0.6 is 0 Å². The van der Waals surface area contributed by atoms with Crippen molar-refractivity contribution < 1.29 is 27.3 Å². The highest BCUT2D eigenvalue weighted by atomic mass is 32.2. The molecule has 3 rings (SSSR count). The second-order valence-electron chi connectivity index (χ2n) is 5.09. The Kier molecular flexibility index (Phi) is 6.64. The zero-order valence-electron chi connectivity index (χ0n) is 13.6. The number of ether oxygens (including phenoxy) is 1. The molecule has 0 saturated carbocycles. The molecule has 1 aliphatic heterocycles. The number of para-hydroxylation sites is 1. The molecule has 1 aromatic heterocycles. The monoisotopic (exact) mass is 379 g/mol. The molecule has 2 aromatic rings. The number of β-lactam (4-membered cyclic amide) rings is 1. The van der Waals surface area contributed by atoms with Crippen molar-refractivity contribution in [2.75, 3.05) is 13.2 Å². The van der Waals surface area contributed by atoms with E-state index in [0.29, 0.717) is 5.75 Å². The molecule has 2 amide bonds. The van der Waals surface area contributed by atoms with E-state index in [0.717, 1.165) is 0 Å². The van der Waals surface area contributed by atoms with Crippen molar-refractivity contribution in [3.63, 3.8) is 0 Å². The first-order valence-electron chi connectivity index (χ1n) is 7.49. The van der Waals surface area contributed by atoms with Gasteiger partial charge in [0.25, 0.3) is 11.8 Å². The quantitative estimate of drug-likeness (QED) is 0.564. The van der Waals surface area contributed by atoms with Crippen LogP contribution in [0, 0.1) is 0 Å². The van der Waals surface area contributed by atoms with Gasteiger partial charge in [0.2, 0.25) is 0 Å². The summed E-state index contributed by atoms with van der Waals surface area (Å²) in [5, 5.41) is 2.31. The van der Waals surface area contributed by atoms with Gasteiger partial charge in [0, 0.05) is 12.4 Å². The topological polar surface area (TPSA) is 126 Å². The molecule has 138 valence electrons. The van der Waals surface area contributed by atoms with Gasteiger partial charge in [-0.3, -0.25) is 19.1 Å². The molecule has 0 aliphatic carbocycles. The van der Waals surface area contributed by atoms with Gasteiger partial charge in [0.15, 0.2) is 6.61 Å². The Balaban J connectivity index is 0.000000342. The average Bonchev–Trinajstić information content (AvgIpc) is 2.64. The molecule has 1 unspecified atom stereocenters. The average molecular weight is 379 g/mol. The van der Waals surface area contributed by atoms with Crippen LogP contribution < -0.4 is 10.1 Å². The first-order valence-corrected chi connectivity index (χ1v) is 8.89. The third kappa shape index (κ3) is 5.83. The standard InChI is InChI=1S/C11H12N2O6S.C5H5N/c14-10(7-19-8-4-2-1-3-5-8)12-9-6-13(11(9)15)20(16,17)18;1-2-4-6-5-3-1/h1-5,9H,6-7H2,(H,12,14)(H,16,17,18);1-5H. The molecule has 10 heteroatoms. The fourth-order valence-electron chi connectivity index (χ4n) is 1.92. The number of aromatic nitrogens is 1. The van der Waals surface area contributed by atoms with Crippen LogP contribution in [-0.2, 0) is 19.9 Å². The van der Waals surface area contributed by atoms with Crippen LogP contribution in [0.25, 0.3) is 0 Å². The zero-order valence-corrected chi connectivity index (χ0v) is 14.4. The van der Waals surface area contributed by atoms with E-state index >= 15 is 0 Å². The maximum Gasteiger partial charge on any atom is 0.362 e. The van der Waals surface area contributed by atoms with Crippen molar-refractivity contribution in [2.24, 2.45) is 0 Å². The molecular weight excluding hydrogens is 362 g/mol. The lowest BCUT2D eigenvalue weighted by molar-refractivity contribution is -0.141. The van der Waals surface area contributed by atoms with Gasteiger partial charge in [-0.1, -0.05) is 24.3 Å². The van der Waals surface area contributed by atoms with E-state index < -0.39 is 28.2 Å². The minimum atomic E-state index is -4.54. The van der Waals surface area contributed by atoms with E-state index in [1.54, 1.807) is 42.7 Å². The van der Waals surface area contributed by atoms with E-state index in [2.05, 4.69) is 10.3 Å². The summed E-state index contributed by atoms with van der Waals surface area (Å²) >= 11 is 0. The highest BCUT2D eigenvalue weighted by Gasteiger charge is 2.44. The SMILES string of the molecule is O=C(COc1ccccc1)NC1CN(S(=O)(=O)O)C1=O.c1ccncc1. The summed E-state index contributed by atoms with van der Waals surface area (Å²) in [5.74, 6) is -0.926. The van der Waals surface area contributed by atoms with Crippen LogP contribution in [-0.4, -0.2) is 53.3 Å². The number of amides is 2. The predicted octanol–water partition coefficient (Wildman–Crippen LogP) is 0.277. The fraction of sp³-hybridized carbons (Fsp3) is 0.188. The lowest BCUT2D eigenvalue weighted by Gasteiger charge is -2.35. The van der Waals surface area contributed by atoms with Crippen molar-refractivity contribution in [3.05, 3.63) is 60.9 Å². The second kappa shape index (κ2) is 8.92. The summed E-state index contributed by atoms with van der Waals surface area (Å²) in [6.45, 7) is -0.575. The van der Waals surface area contributed by atoms with Crippen LogP contribution in [0.4, 0.5) is 0 Å². The summed E-state index contributed by atoms with van der Waals surface area (Å²) in [6, 6.07) is 13.4. The number of carbonyl (C=O) groups excluding carboxylic acids is 2. The molecule has 0 bridgehead atoms. The van der Waals surface area contributed by atoms with Gasteiger partial charge in [0.05, 0.1) is 6.54 Å². The molecule has 26 heavy (non-hydrogen) atoms. The van der Waals surface area contributed by atoms with Crippen LogP contribution in [0.1, 0.15) is 0 Å². The summed E-state index contributed by atoms with van der Waals surface area (Å²) in [7, 11) is -4.54. The zero-order chi connectivity index (χ0) is 19.0. The van der Waals surface area contributed by atoms with Crippen LogP contribution in [0.15, 0.2) is 60.9 Å². The van der Waals surface area contributed by atoms with E-state index in [4.69, 9.17) is 9.29 Å². The first-order chi connectivity index (χ1) is 12.4. The normalized spacial score (nSPS) is 16.0. The van der Waals surface area contributed by atoms with E-state index in [9.17, 15) is 18.0 Å².